The molecule has 0 bridgehead atoms. The molecule has 3 rings (SSSR count). The number of thioether (sulfide) groups is 1. The summed E-state index contributed by atoms with van der Waals surface area (Å²) in [6, 6.07) is 15.0. The van der Waals surface area contributed by atoms with Crippen molar-refractivity contribution in [2.45, 2.75) is 37.1 Å². The molecule has 1 aromatic heterocycles. The number of carbonyl (C=O) groups excluding carboxylic acids is 1. The van der Waals surface area contributed by atoms with E-state index in [1.165, 1.54) is 18.9 Å². The zero-order chi connectivity index (χ0) is 23.1. The third kappa shape index (κ3) is 5.70. The summed E-state index contributed by atoms with van der Waals surface area (Å²) >= 11 is 1.24. The number of rotatable bonds is 9. The summed E-state index contributed by atoms with van der Waals surface area (Å²) in [6.07, 6.45) is 1.07. The van der Waals surface area contributed by atoms with E-state index in [1.54, 1.807) is 25.3 Å². The summed E-state index contributed by atoms with van der Waals surface area (Å²) in [5.74, 6) is 0.939. The predicted molar refractivity (Wildman–Crippen MR) is 127 cm³/mol. The van der Waals surface area contributed by atoms with Gasteiger partial charge in [-0.25, -0.2) is 4.98 Å². The Morgan fingerprint density at radius 2 is 1.91 bits per heavy atom. The molecule has 1 amide bonds. The van der Waals surface area contributed by atoms with E-state index in [1.807, 2.05) is 44.2 Å². The smallest absolute Gasteiger partial charge is 0.255 e. The Kier molecular flexibility index (Phi) is 7.94. The van der Waals surface area contributed by atoms with Gasteiger partial charge in [0.15, 0.2) is 5.16 Å². The Morgan fingerprint density at radius 1 is 1.16 bits per heavy atom. The Labute approximate surface area is 191 Å². The number of amides is 1. The van der Waals surface area contributed by atoms with E-state index in [0.717, 1.165) is 5.56 Å². The van der Waals surface area contributed by atoms with Crippen molar-refractivity contribution in [3.05, 3.63) is 75.7 Å². The lowest BCUT2D eigenvalue weighted by molar-refractivity contribution is -0.115. The van der Waals surface area contributed by atoms with Crippen LogP contribution in [0.15, 0.2) is 58.5 Å². The van der Waals surface area contributed by atoms with Gasteiger partial charge in [0.2, 0.25) is 5.91 Å². The van der Waals surface area contributed by atoms with Crippen LogP contribution in [-0.4, -0.2) is 35.3 Å². The number of carbonyl (C=O) groups is 1. The van der Waals surface area contributed by atoms with Gasteiger partial charge in [-0.1, -0.05) is 49.0 Å². The van der Waals surface area contributed by atoms with Crippen LogP contribution in [0.25, 0.3) is 0 Å². The summed E-state index contributed by atoms with van der Waals surface area (Å²) in [5, 5.41) is 2.88. The molecule has 0 aliphatic rings. The number of hydrogen-bond acceptors (Lipinski definition) is 6. The van der Waals surface area contributed by atoms with E-state index in [0.29, 0.717) is 46.4 Å². The molecule has 1 heterocycles. The van der Waals surface area contributed by atoms with E-state index in [-0.39, 0.29) is 11.5 Å². The number of H-pyrrole nitrogens is 1. The fourth-order valence-corrected chi connectivity index (χ4v) is 4.16. The van der Waals surface area contributed by atoms with Crippen molar-refractivity contribution in [1.82, 2.24) is 9.97 Å². The molecule has 0 spiro atoms. The van der Waals surface area contributed by atoms with Crippen LogP contribution in [0, 0.1) is 6.92 Å². The summed E-state index contributed by atoms with van der Waals surface area (Å²) in [7, 11) is 3.10. The van der Waals surface area contributed by atoms with Crippen molar-refractivity contribution in [3.8, 4) is 11.5 Å². The van der Waals surface area contributed by atoms with E-state index in [2.05, 4.69) is 15.3 Å². The molecule has 1 unspecified atom stereocenters. The molecule has 32 heavy (non-hydrogen) atoms. The minimum absolute atomic E-state index is 0.184. The highest BCUT2D eigenvalue weighted by molar-refractivity contribution is 8.00. The first-order valence-corrected chi connectivity index (χ1v) is 11.2. The van der Waals surface area contributed by atoms with Gasteiger partial charge in [0.1, 0.15) is 11.5 Å². The van der Waals surface area contributed by atoms with E-state index >= 15 is 0 Å². The molecule has 0 fully saturated rings. The standard InChI is InChI=1S/C24H27N3O4S/c1-5-21(23(29)26-19-12-11-17(30-3)14-20(19)31-4)32-24-25-15(2)18(22(28)27-24)13-16-9-7-6-8-10-16/h6-12,14,21H,5,13H2,1-4H3,(H,26,29)(H,25,27,28). The predicted octanol–water partition coefficient (Wildman–Crippen LogP) is 4.20. The number of aryl methyl sites for hydroxylation is 1. The van der Waals surface area contributed by atoms with Gasteiger partial charge in [-0.2, -0.15) is 0 Å². The Balaban J connectivity index is 1.75. The van der Waals surface area contributed by atoms with E-state index in [9.17, 15) is 9.59 Å². The molecule has 0 saturated carbocycles. The van der Waals surface area contributed by atoms with E-state index in [4.69, 9.17) is 9.47 Å². The second-order valence-corrected chi connectivity index (χ2v) is 8.36. The maximum Gasteiger partial charge on any atom is 0.255 e. The number of benzene rings is 2. The first kappa shape index (κ1) is 23.4. The lowest BCUT2D eigenvalue weighted by atomic mass is 10.1. The maximum absolute atomic E-state index is 12.9. The molecular formula is C24H27N3O4S. The monoisotopic (exact) mass is 453 g/mol. The van der Waals surface area contributed by atoms with Crippen molar-refractivity contribution in [3.63, 3.8) is 0 Å². The third-order valence-electron chi connectivity index (χ3n) is 5.01. The second kappa shape index (κ2) is 10.9. The lowest BCUT2D eigenvalue weighted by Crippen LogP contribution is -2.26. The van der Waals surface area contributed by atoms with Gasteiger partial charge in [-0.3, -0.25) is 9.59 Å². The lowest BCUT2D eigenvalue weighted by Gasteiger charge is -2.17. The number of methoxy groups -OCH3 is 2. The van der Waals surface area contributed by atoms with Crippen LogP contribution < -0.4 is 20.3 Å². The summed E-state index contributed by atoms with van der Waals surface area (Å²) in [4.78, 5) is 33.0. The SMILES string of the molecule is CCC(Sc1nc(C)c(Cc2ccccc2)c(=O)[nH]1)C(=O)Nc1ccc(OC)cc1OC. The van der Waals surface area contributed by atoms with Crippen LogP contribution in [0.2, 0.25) is 0 Å². The van der Waals surface area contributed by atoms with Gasteiger partial charge < -0.3 is 19.8 Å². The average Bonchev–Trinajstić information content (AvgIpc) is 2.80. The number of anilines is 1. The quantitative estimate of drug-likeness (QED) is 0.373. The van der Waals surface area contributed by atoms with Crippen molar-refractivity contribution in [2.24, 2.45) is 0 Å². The van der Waals surface area contributed by atoms with Crippen LogP contribution in [0.1, 0.15) is 30.2 Å². The van der Waals surface area contributed by atoms with Crippen LogP contribution >= 0.6 is 11.8 Å². The first-order chi connectivity index (χ1) is 15.4. The number of ether oxygens (including phenoxy) is 2. The van der Waals surface area contributed by atoms with Crippen molar-refractivity contribution >= 4 is 23.4 Å². The van der Waals surface area contributed by atoms with Gasteiger partial charge in [-0.15, -0.1) is 0 Å². The first-order valence-electron chi connectivity index (χ1n) is 10.3. The highest BCUT2D eigenvalue weighted by atomic mass is 32.2. The average molecular weight is 454 g/mol. The fourth-order valence-electron chi connectivity index (χ4n) is 3.22. The zero-order valence-electron chi connectivity index (χ0n) is 18.6. The zero-order valence-corrected chi connectivity index (χ0v) is 19.4. The molecule has 8 heteroatoms. The summed E-state index contributed by atoms with van der Waals surface area (Å²) in [6.45, 7) is 3.73. The Hall–Kier alpha value is -3.26. The third-order valence-corrected chi connectivity index (χ3v) is 6.26. The Morgan fingerprint density at radius 3 is 2.53 bits per heavy atom. The molecule has 2 N–H and O–H groups in total. The number of aromatic nitrogens is 2. The molecule has 0 saturated heterocycles. The van der Waals surface area contributed by atoms with Crippen LogP contribution in [0.4, 0.5) is 5.69 Å². The molecule has 0 radical (unpaired) electrons. The molecule has 0 aliphatic carbocycles. The molecular weight excluding hydrogens is 426 g/mol. The van der Waals surface area contributed by atoms with Crippen molar-refractivity contribution in [1.29, 1.82) is 0 Å². The highest BCUT2D eigenvalue weighted by Crippen LogP contribution is 2.30. The molecule has 7 nitrogen and oxygen atoms in total. The van der Waals surface area contributed by atoms with Crippen molar-refractivity contribution in [2.75, 3.05) is 19.5 Å². The topological polar surface area (TPSA) is 93.3 Å². The van der Waals surface area contributed by atoms with Crippen LogP contribution in [0.5, 0.6) is 11.5 Å². The minimum atomic E-state index is -0.440. The Bertz CT molecular complexity index is 1130. The molecule has 0 aliphatic heterocycles. The number of aromatic amines is 1. The second-order valence-electron chi connectivity index (χ2n) is 7.17. The van der Waals surface area contributed by atoms with Gasteiger partial charge in [0.25, 0.3) is 5.56 Å². The van der Waals surface area contributed by atoms with Gasteiger partial charge in [-0.05, 0) is 31.0 Å². The molecule has 168 valence electrons. The van der Waals surface area contributed by atoms with Crippen LogP contribution in [-0.2, 0) is 11.2 Å². The molecule has 1 atom stereocenters. The minimum Gasteiger partial charge on any atom is -0.497 e. The van der Waals surface area contributed by atoms with Crippen LogP contribution in [0.3, 0.4) is 0 Å². The van der Waals surface area contributed by atoms with Gasteiger partial charge in [0, 0.05) is 23.7 Å². The summed E-state index contributed by atoms with van der Waals surface area (Å²) in [5.41, 5.74) is 2.69. The highest BCUT2D eigenvalue weighted by Gasteiger charge is 2.21. The van der Waals surface area contributed by atoms with E-state index < -0.39 is 5.25 Å². The number of nitrogens with zero attached hydrogens (tertiary/aromatic N) is 1. The largest absolute Gasteiger partial charge is 0.497 e. The van der Waals surface area contributed by atoms with Crippen molar-refractivity contribution < 1.29 is 14.3 Å². The summed E-state index contributed by atoms with van der Waals surface area (Å²) < 4.78 is 10.5. The maximum atomic E-state index is 12.9. The fraction of sp³-hybridized carbons (Fsp3) is 0.292. The number of hydrogen-bond donors (Lipinski definition) is 2. The van der Waals surface area contributed by atoms with Gasteiger partial charge >= 0.3 is 0 Å². The molecule has 3 aromatic rings. The normalized spacial score (nSPS) is 11.6. The van der Waals surface area contributed by atoms with Gasteiger partial charge in [0.05, 0.1) is 25.2 Å². The molecule has 2 aromatic carbocycles. The number of nitrogens with one attached hydrogen (secondary N) is 2.